The van der Waals surface area contributed by atoms with Gasteiger partial charge in [0.05, 0.1) is 5.71 Å². The molecule has 15 heavy (non-hydrogen) atoms. The van der Waals surface area contributed by atoms with Gasteiger partial charge in [-0.2, -0.15) is 0 Å². The molecule has 3 heteroatoms. The van der Waals surface area contributed by atoms with Crippen LogP contribution in [0.3, 0.4) is 0 Å². The van der Waals surface area contributed by atoms with Crippen LogP contribution in [-0.4, -0.2) is 17.6 Å². The molecule has 3 nitrogen and oxygen atoms in total. The first-order valence-corrected chi connectivity index (χ1v) is 4.99. The van der Waals surface area contributed by atoms with Crippen LogP contribution in [0.5, 0.6) is 0 Å². The third kappa shape index (κ3) is 1.77. The van der Waals surface area contributed by atoms with Gasteiger partial charge in [-0.15, -0.1) is 0 Å². The van der Waals surface area contributed by atoms with E-state index >= 15 is 0 Å². The van der Waals surface area contributed by atoms with Crippen molar-refractivity contribution in [2.24, 2.45) is 11.1 Å². The molecule has 1 aromatic carbocycles. The van der Waals surface area contributed by atoms with Crippen molar-refractivity contribution in [1.29, 1.82) is 0 Å². The topological polar surface area (TPSA) is 38.7 Å². The SMILES string of the molecule is CC(=O)[C@H]1ON=C(c2ccccc2)[C@H]1C. The predicted octanol–water partition coefficient (Wildman–Crippen LogP) is 2.01. The summed E-state index contributed by atoms with van der Waals surface area (Å²) in [5.74, 6) is 0.0575. The molecule has 1 aliphatic heterocycles. The Morgan fingerprint density at radius 2 is 2.00 bits per heavy atom. The fourth-order valence-corrected chi connectivity index (χ4v) is 1.78. The minimum Gasteiger partial charge on any atom is -0.384 e. The average Bonchev–Trinajstić information content (AvgIpc) is 2.61. The van der Waals surface area contributed by atoms with Crippen molar-refractivity contribution in [2.75, 3.05) is 0 Å². The van der Waals surface area contributed by atoms with Crippen molar-refractivity contribution in [3.63, 3.8) is 0 Å². The first kappa shape index (κ1) is 9.90. The Morgan fingerprint density at radius 1 is 1.33 bits per heavy atom. The third-order valence-electron chi connectivity index (χ3n) is 2.62. The molecule has 0 unspecified atom stereocenters. The maximum absolute atomic E-state index is 11.2. The Morgan fingerprint density at radius 3 is 2.53 bits per heavy atom. The van der Waals surface area contributed by atoms with E-state index in [9.17, 15) is 4.79 Å². The van der Waals surface area contributed by atoms with E-state index in [0.717, 1.165) is 11.3 Å². The maximum atomic E-state index is 11.2. The number of Topliss-reactive ketones (excluding diaryl/α,β-unsaturated/α-hetero) is 1. The van der Waals surface area contributed by atoms with Crippen LogP contribution in [0.25, 0.3) is 0 Å². The molecule has 78 valence electrons. The van der Waals surface area contributed by atoms with Crippen molar-refractivity contribution < 1.29 is 9.63 Å². The highest BCUT2D eigenvalue weighted by Crippen LogP contribution is 2.23. The molecule has 0 saturated carbocycles. The predicted molar refractivity (Wildman–Crippen MR) is 57.7 cm³/mol. The summed E-state index contributed by atoms with van der Waals surface area (Å²) in [7, 11) is 0. The fraction of sp³-hybridized carbons (Fsp3) is 0.333. The molecule has 0 bridgehead atoms. The molecule has 0 saturated heterocycles. The highest BCUT2D eigenvalue weighted by Gasteiger charge is 2.34. The van der Waals surface area contributed by atoms with Gasteiger partial charge in [-0.05, 0) is 12.5 Å². The van der Waals surface area contributed by atoms with Gasteiger partial charge in [-0.25, -0.2) is 0 Å². The first-order chi connectivity index (χ1) is 7.20. The second-order valence-corrected chi connectivity index (χ2v) is 3.77. The maximum Gasteiger partial charge on any atom is 0.193 e. The Hall–Kier alpha value is -1.64. The molecule has 0 aromatic heterocycles. The van der Waals surface area contributed by atoms with Crippen LogP contribution in [0.1, 0.15) is 19.4 Å². The number of oxime groups is 1. The highest BCUT2D eigenvalue weighted by atomic mass is 16.6. The Balaban J connectivity index is 2.24. The molecule has 1 aliphatic rings. The van der Waals surface area contributed by atoms with Gasteiger partial charge >= 0.3 is 0 Å². The first-order valence-electron chi connectivity index (χ1n) is 4.99. The smallest absolute Gasteiger partial charge is 0.193 e. The van der Waals surface area contributed by atoms with E-state index in [1.54, 1.807) is 0 Å². The zero-order valence-electron chi connectivity index (χ0n) is 8.81. The summed E-state index contributed by atoms with van der Waals surface area (Å²) in [6.45, 7) is 3.50. The number of hydrogen-bond acceptors (Lipinski definition) is 3. The van der Waals surface area contributed by atoms with Crippen LogP contribution in [-0.2, 0) is 9.63 Å². The monoisotopic (exact) mass is 203 g/mol. The normalized spacial score (nSPS) is 24.5. The summed E-state index contributed by atoms with van der Waals surface area (Å²) in [5, 5.41) is 3.99. The van der Waals surface area contributed by atoms with E-state index in [-0.39, 0.29) is 11.7 Å². The molecule has 1 heterocycles. The molecule has 0 spiro atoms. The van der Waals surface area contributed by atoms with E-state index in [4.69, 9.17) is 4.84 Å². The van der Waals surface area contributed by atoms with Crippen LogP contribution < -0.4 is 0 Å². The Bertz CT molecular complexity index is 397. The van der Waals surface area contributed by atoms with Gasteiger partial charge in [0.2, 0.25) is 0 Å². The van der Waals surface area contributed by atoms with Crippen LogP contribution in [0.15, 0.2) is 35.5 Å². The van der Waals surface area contributed by atoms with Crippen molar-refractivity contribution in [3.05, 3.63) is 35.9 Å². The number of nitrogens with zero attached hydrogens (tertiary/aromatic N) is 1. The van der Waals surface area contributed by atoms with Gasteiger partial charge in [0.15, 0.2) is 11.9 Å². The third-order valence-corrected chi connectivity index (χ3v) is 2.62. The Labute approximate surface area is 88.7 Å². The largest absolute Gasteiger partial charge is 0.384 e. The molecule has 2 atom stereocenters. The highest BCUT2D eigenvalue weighted by molar-refractivity contribution is 6.05. The van der Waals surface area contributed by atoms with Crippen LogP contribution in [0.4, 0.5) is 0 Å². The summed E-state index contributed by atoms with van der Waals surface area (Å²) < 4.78 is 0. The fourth-order valence-electron chi connectivity index (χ4n) is 1.78. The minimum absolute atomic E-state index is 0.0252. The van der Waals surface area contributed by atoms with E-state index in [0.29, 0.717) is 0 Å². The average molecular weight is 203 g/mol. The van der Waals surface area contributed by atoms with Gasteiger partial charge in [0, 0.05) is 5.92 Å². The number of rotatable bonds is 2. The number of carbonyl (C=O) groups is 1. The van der Waals surface area contributed by atoms with Gasteiger partial charge in [0.25, 0.3) is 0 Å². The minimum atomic E-state index is -0.416. The second-order valence-electron chi connectivity index (χ2n) is 3.77. The van der Waals surface area contributed by atoms with Crippen molar-refractivity contribution in [2.45, 2.75) is 20.0 Å². The van der Waals surface area contributed by atoms with Gasteiger partial charge in [-0.3, -0.25) is 4.79 Å². The molecule has 0 N–H and O–H groups in total. The molecule has 0 aliphatic carbocycles. The molecule has 2 rings (SSSR count). The molecule has 0 radical (unpaired) electrons. The number of benzene rings is 1. The van der Waals surface area contributed by atoms with E-state index < -0.39 is 6.10 Å². The standard InChI is InChI=1S/C12H13NO2/c1-8-11(10-6-4-3-5-7-10)13-15-12(8)9(2)14/h3-8,12H,1-2H3/t8-,12+/m1/s1. The molecular weight excluding hydrogens is 190 g/mol. The van der Waals surface area contributed by atoms with Gasteiger partial charge in [-0.1, -0.05) is 42.4 Å². The number of hydrogen-bond donors (Lipinski definition) is 0. The summed E-state index contributed by atoms with van der Waals surface area (Å²) in [4.78, 5) is 16.4. The summed E-state index contributed by atoms with van der Waals surface area (Å²) in [6, 6.07) is 9.80. The lowest BCUT2D eigenvalue weighted by Gasteiger charge is -2.10. The van der Waals surface area contributed by atoms with Crippen molar-refractivity contribution in [3.8, 4) is 0 Å². The molecule has 0 amide bonds. The van der Waals surface area contributed by atoms with Gasteiger partial charge in [0.1, 0.15) is 0 Å². The summed E-state index contributed by atoms with van der Waals surface area (Å²) in [6.07, 6.45) is -0.416. The second kappa shape index (κ2) is 3.85. The quantitative estimate of drug-likeness (QED) is 0.737. The van der Waals surface area contributed by atoms with E-state index in [2.05, 4.69) is 5.16 Å². The summed E-state index contributed by atoms with van der Waals surface area (Å²) >= 11 is 0. The van der Waals surface area contributed by atoms with E-state index in [1.165, 1.54) is 6.92 Å². The Kier molecular flexibility index (Phi) is 2.54. The van der Waals surface area contributed by atoms with Crippen molar-refractivity contribution >= 4 is 11.5 Å². The lowest BCUT2D eigenvalue weighted by molar-refractivity contribution is -0.128. The molecule has 0 fully saturated rings. The van der Waals surface area contributed by atoms with Crippen LogP contribution in [0.2, 0.25) is 0 Å². The van der Waals surface area contributed by atoms with Crippen LogP contribution >= 0.6 is 0 Å². The van der Waals surface area contributed by atoms with E-state index in [1.807, 2.05) is 37.3 Å². The lowest BCUT2D eigenvalue weighted by Crippen LogP contribution is -2.27. The van der Waals surface area contributed by atoms with Crippen LogP contribution in [0, 0.1) is 5.92 Å². The summed E-state index contributed by atoms with van der Waals surface area (Å²) in [5.41, 5.74) is 1.88. The van der Waals surface area contributed by atoms with Gasteiger partial charge < -0.3 is 4.84 Å². The zero-order valence-corrected chi connectivity index (χ0v) is 8.81. The zero-order chi connectivity index (χ0) is 10.8. The molecule has 1 aromatic rings. The number of ketones is 1. The van der Waals surface area contributed by atoms with Crippen molar-refractivity contribution in [1.82, 2.24) is 0 Å². The number of carbonyl (C=O) groups excluding carboxylic acids is 1. The molecular formula is C12H13NO2. The lowest BCUT2D eigenvalue weighted by atomic mass is 9.92.